The van der Waals surface area contributed by atoms with Crippen molar-refractivity contribution in [3.63, 3.8) is 0 Å². The first-order valence-corrected chi connectivity index (χ1v) is 8.10. The van der Waals surface area contributed by atoms with Gasteiger partial charge in [-0.05, 0) is 31.1 Å². The summed E-state index contributed by atoms with van der Waals surface area (Å²) in [6.07, 6.45) is 4.38. The molecule has 1 aliphatic rings. The van der Waals surface area contributed by atoms with Crippen LogP contribution in [0.2, 0.25) is 0 Å². The highest BCUT2D eigenvalue weighted by molar-refractivity contribution is 7.91. The predicted molar refractivity (Wildman–Crippen MR) is 68.4 cm³/mol. The molecule has 0 aliphatic heterocycles. The van der Waals surface area contributed by atoms with E-state index in [4.69, 9.17) is 0 Å². The van der Waals surface area contributed by atoms with Crippen molar-refractivity contribution >= 4 is 9.84 Å². The summed E-state index contributed by atoms with van der Waals surface area (Å²) < 4.78 is 22.7. The van der Waals surface area contributed by atoms with Crippen molar-refractivity contribution in [2.45, 2.75) is 52.5 Å². The molecule has 1 aliphatic carbocycles. The Balaban J connectivity index is 2.18. The lowest BCUT2D eigenvalue weighted by molar-refractivity contribution is 0.310. The van der Waals surface area contributed by atoms with Crippen LogP contribution < -0.4 is 5.32 Å². The van der Waals surface area contributed by atoms with E-state index in [0.717, 1.165) is 25.4 Å². The zero-order valence-electron chi connectivity index (χ0n) is 10.8. The van der Waals surface area contributed by atoms with E-state index in [1.807, 2.05) is 0 Å². The van der Waals surface area contributed by atoms with Crippen molar-refractivity contribution in [2.24, 2.45) is 5.41 Å². The number of nitrogens with one attached hydrogen (secondary N) is 1. The topological polar surface area (TPSA) is 46.2 Å². The normalized spacial score (nSPS) is 17.7. The molecule has 0 aromatic heterocycles. The molecule has 96 valence electrons. The van der Waals surface area contributed by atoms with Crippen molar-refractivity contribution in [3.8, 4) is 0 Å². The van der Waals surface area contributed by atoms with Gasteiger partial charge in [0.15, 0.2) is 0 Å². The summed E-state index contributed by atoms with van der Waals surface area (Å²) in [5.41, 5.74) is 0.214. The fourth-order valence-electron chi connectivity index (χ4n) is 1.71. The van der Waals surface area contributed by atoms with Crippen molar-refractivity contribution in [1.82, 2.24) is 5.32 Å². The van der Waals surface area contributed by atoms with Crippen LogP contribution in [-0.2, 0) is 9.84 Å². The van der Waals surface area contributed by atoms with Crippen molar-refractivity contribution in [3.05, 3.63) is 0 Å². The van der Waals surface area contributed by atoms with Crippen LogP contribution in [0.3, 0.4) is 0 Å². The molecule has 0 aromatic carbocycles. The Hall–Kier alpha value is -0.0900. The number of hydrogen-bond acceptors (Lipinski definition) is 3. The summed E-state index contributed by atoms with van der Waals surface area (Å²) >= 11 is 0. The molecular formula is C12H25NO2S. The van der Waals surface area contributed by atoms with Crippen LogP contribution in [0.4, 0.5) is 0 Å². The molecule has 0 bridgehead atoms. The predicted octanol–water partition coefficient (Wildman–Crippen LogP) is 1.98. The van der Waals surface area contributed by atoms with Crippen LogP contribution >= 0.6 is 0 Å². The third-order valence-corrected chi connectivity index (χ3v) is 4.99. The summed E-state index contributed by atoms with van der Waals surface area (Å²) in [7, 11) is -2.78. The van der Waals surface area contributed by atoms with Crippen molar-refractivity contribution < 1.29 is 8.42 Å². The lowest BCUT2D eigenvalue weighted by atomic mass is 9.88. The highest BCUT2D eigenvalue weighted by Crippen LogP contribution is 2.25. The van der Waals surface area contributed by atoms with Crippen LogP contribution in [0.1, 0.15) is 46.5 Å². The average Bonchev–Trinajstić information content (AvgIpc) is 2.98. The van der Waals surface area contributed by atoms with Crippen LogP contribution in [0, 0.1) is 5.41 Å². The van der Waals surface area contributed by atoms with Gasteiger partial charge in [0.2, 0.25) is 0 Å². The monoisotopic (exact) mass is 247 g/mol. The van der Waals surface area contributed by atoms with Gasteiger partial charge in [-0.2, -0.15) is 0 Å². The molecule has 0 radical (unpaired) electrons. The Morgan fingerprint density at radius 1 is 1.31 bits per heavy atom. The largest absolute Gasteiger partial charge is 0.313 e. The molecule has 3 nitrogen and oxygen atoms in total. The molecule has 0 amide bonds. The van der Waals surface area contributed by atoms with Gasteiger partial charge < -0.3 is 5.32 Å². The molecule has 0 atom stereocenters. The molecule has 1 saturated carbocycles. The molecule has 1 rings (SSSR count). The van der Waals surface area contributed by atoms with Gasteiger partial charge in [0, 0.05) is 18.3 Å². The molecule has 0 spiro atoms. The van der Waals surface area contributed by atoms with Crippen LogP contribution in [0.5, 0.6) is 0 Å². The smallest absolute Gasteiger partial charge is 0.150 e. The van der Waals surface area contributed by atoms with Crippen LogP contribution in [0.25, 0.3) is 0 Å². The Kier molecular flexibility index (Phi) is 4.80. The average molecular weight is 247 g/mol. The Morgan fingerprint density at radius 3 is 2.44 bits per heavy atom. The molecule has 0 aromatic rings. The quantitative estimate of drug-likeness (QED) is 0.713. The summed E-state index contributed by atoms with van der Waals surface area (Å²) in [5, 5.41) is 3.51. The van der Waals surface area contributed by atoms with Crippen molar-refractivity contribution in [2.75, 3.05) is 18.1 Å². The second kappa shape index (κ2) is 5.50. The highest BCUT2D eigenvalue weighted by Gasteiger charge is 2.25. The fourth-order valence-corrected chi connectivity index (χ4v) is 2.58. The second-order valence-electron chi connectivity index (χ2n) is 5.66. The number of sulfone groups is 1. The maximum absolute atomic E-state index is 11.3. The first-order chi connectivity index (χ1) is 7.35. The SMILES string of the molecule is CCS(=O)(=O)CCCC(C)(C)CNC1CC1. The Labute approximate surface area is 99.9 Å². The molecule has 0 heterocycles. The van der Waals surface area contributed by atoms with E-state index in [1.165, 1.54) is 12.8 Å². The number of hydrogen-bond donors (Lipinski definition) is 1. The van der Waals surface area contributed by atoms with E-state index in [0.29, 0.717) is 5.75 Å². The third-order valence-electron chi connectivity index (χ3n) is 3.20. The summed E-state index contributed by atoms with van der Waals surface area (Å²) in [5.74, 6) is 0.615. The van der Waals surface area contributed by atoms with Gasteiger partial charge in [0.05, 0.1) is 5.75 Å². The third kappa shape index (κ3) is 5.85. The van der Waals surface area contributed by atoms with Gasteiger partial charge in [-0.1, -0.05) is 20.8 Å². The molecule has 16 heavy (non-hydrogen) atoms. The second-order valence-corrected chi connectivity index (χ2v) is 8.13. The maximum atomic E-state index is 11.3. The van der Waals surface area contributed by atoms with Crippen LogP contribution in [-0.4, -0.2) is 32.5 Å². The first-order valence-electron chi connectivity index (χ1n) is 6.28. The van der Waals surface area contributed by atoms with Gasteiger partial charge >= 0.3 is 0 Å². The van der Waals surface area contributed by atoms with E-state index in [-0.39, 0.29) is 11.2 Å². The van der Waals surface area contributed by atoms with Crippen LogP contribution in [0.15, 0.2) is 0 Å². The van der Waals surface area contributed by atoms with Crippen molar-refractivity contribution in [1.29, 1.82) is 0 Å². The standard InChI is InChI=1S/C12H25NO2S/c1-4-16(14,15)9-5-8-12(2,3)10-13-11-6-7-11/h11,13H,4-10H2,1-3H3. The Bertz CT molecular complexity index is 305. The molecule has 0 unspecified atom stereocenters. The van der Waals surface area contributed by atoms with Gasteiger partial charge in [0.1, 0.15) is 9.84 Å². The summed E-state index contributed by atoms with van der Waals surface area (Å²) in [4.78, 5) is 0. The van der Waals surface area contributed by atoms with Gasteiger partial charge in [-0.25, -0.2) is 8.42 Å². The molecule has 0 saturated heterocycles. The molecule has 1 N–H and O–H groups in total. The lowest BCUT2D eigenvalue weighted by Crippen LogP contribution is -2.31. The highest BCUT2D eigenvalue weighted by atomic mass is 32.2. The minimum atomic E-state index is -2.78. The van der Waals surface area contributed by atoms with Gasteiger partial charge in [-0.3, -0.25) is 0 Å². The minimum Gasteiger partial charge on any atom is -0.313 e. The first kappa shape index (κ1) is 14.0. The van der Waals surface area contributed by atoms with E-state index in [1.54, 1.807) is 6.92 Å². The number of rotatable bonds is 8. The van der Waals surface area contributed by atoms with E-state index in [9.17, 15) is 8.42 Å². The molecule has 4 heteroatoms. The van der Waals surface area contributed by atoms with E-state index in [2.05, 4.69) is 19.2 Å². The Morgan fingerprint density at radius 2 is 1.94 bits per heavy atom. The fraction of sp³-hybridized carbons (Fsp3) is 1.00. The lowest BCUT2D eigenvalue weighted by Gasteiger charge is -2.25. The zero-order chi connectivity index (χ0) is 12.2. The van der Waals surface area contributed by atoms with Gasteiger partial charge in [0.25, 0.3) is 0 Å². The zero-order valence-corrected chi connectivity index (χ0v) is 11.6. The minimum absolute atomic E-state index is 0.214. The summed E-state index contributed by atoms with van der Waals surface area (Å²) in [6, 6.07) is 0.735. The van der Waals surface area contributed by atoms with Gasteiger partial charge in [-0.15, -0.1) is 0 Å². The summed E-state index contributed by atoms with van der Waals surface area (Å²) in [6.45, 7) is 7.14. The van der Waals surface area contributed by atoms with E-state index < -0.39 is 9.84 Å². The van der Waals surface area contributed by atoms with E-state index >= 15 is 0 Å². The maximum Gasteiger partial charge on any atom is 0.150 e. The molecular weight excluding hydrogens is 222 g/mol. The molecule has 1 fully saturated rings.